The molecule has 7 nitrogen and oxygen atoms in total. The second-order valence-corrected chi connectivity index (χ2v) is 8.09. The smallest absolute Gasteiger partial charge is 0.262 e. The van der Waals surface area contributed by atoms with Gasteiger partial charge in [-0.25, -0.2) is 0 Å². The van der Waals surface area contributed by atoms with Gasteiger partial charge in [0.25, 0.3) is 5.56 Å². The van der Waals surface area contributed by atoms with Crippen molar-refractivity contribution in [3.05, 3.63) is 57.0 Å². The zero-order valence-corrected chi connectivity index (χ0v) is 16.5. The summed E-state index contributed by atoms with van der Waals surface area (Å²) in [6, 6.07) is 11.3. The molecule has 3 aromatic heterocycles. The second kappa shape index (κ2) is 7.16. The van der Waals surface area contributed by atoms with Crippen LogP contribution in [0.5, 0.6) is 0 Å². The number of para-hydroxylation sites is 1. The van der Waals surface area contributed by atoms with Gasteiger partial charge >= 0.3 is 0 Å². The average Bonchev–Trinajstić information content (AvgIpc) is 3.34. The van der Waals surface area contributed by atoms with Crippen molar-refractivity contribution in [1.29, 1.82) is 0 Å². The van der Waals surface area contributed by atoms with Crippen LogP contribution in [0.15, 0.2) is 51.7 Å². The zero-order valence-electron chi connectivity index (χ0n) is 14.8. The van der Waals surface area contributed by atoms with Crippen molar-refractivity contribution < 1.29 is 4.79 Å². The van der Waals surface area contributed by atoms with Crippen molar-refractivity contribution in [2.24, 2.45) is 7.05 Å². The summed E-state index contributed by atoms with van der Waals surface area (Å²) in [4.78, 5) is 27.8. The Balaban J connectivity index is 1.61. The Hall–Kier alpha value is -2.65. The van der Waals surface area contributed by atoms with Gasteiger partial charge in [-0.2, -0.15) is 0 Å². The summed E-state index contributed by atoms with van der Waals surface area (Å²) in [6.07, 6.45) is 0. The molecule has 0 saturated heterocycles. The lowest BCUT2D eigenvalue weighted by Gasteiger charge is -2.15. The molecular weight excluding hydrogens is 382 g/mol. The molecule has 27 heavy (non-hydrogen) atoms. The average molecular weight is 400 g/mol. The number of carbonyl (C=O) groups excluding carboxylic acids is 1. The van der Waals surface area contributed by atoms with Crippen LogP contribution in [0.25, 0.3) is 16.7 Å². The molecule has 4 aromatic rings. The molecule has 0 bridgehead atoms. The van der Waals surface area contributed by atoms with Gasteiger partial charge < -0.3 is 4.90 Å². The number of fused-ring (bicyclic) bond motifs is 3. The van der Waals surface area contributed by atoms with Crippen molar-refractivity contribution in [2.45, 2.75) is 11.7 Å². The molecule has 0 aliphatic heterocycles. The number of aryl methyl sites for hydroxylation is 1. The Morgan fingerprint density at radius 1 is 1.22 bits per heavy atom. The van der Waals surface area contributed by atoms with E-state index in [9.17, 15) is 9.59 Å². The Kier molecular flexibility index (Phi) is 4.71. The summed E-state index contributed by atoms with van der Waals surface area (Å²) in [5.74, 6) is 0.722. The largest absolute Gasteiger partial charge is 0.340 e. The third-order valence-corrected chi connectivity index (χ3v) is 6.09. The van der Waals surface area contributed by atoms with Crippen LogP contribution in [0.3, 0.4) is 0 Å². The first-order chi connectivity index (χ1) is 13.1. The van der Waals surface area contributed by atoms with Gasteiger partial charge in [0.2, 0.25) is 11.7 Å². The summed E-state index contributed by atoms with van der Waals surface area (Å²) in [6.45, 7) is 0.592. The quantitative estimate of drug-likeness (QED) is 0.482. The van der Waals surface area contributed by atoms with E-state index in [1.54, 1.807) is 36.4 Å². The van der Waals surface area contributed by atoms with Crippen LogP contribution >= 0.6 is 23.1 Å². The Bertz CT molecular complexity index is 1180. The standard InChI is InChI=1S/C18H17N5O2S2/c1-21(10-12-6-5-9-26-12)15(24)11-27-18-20-19-17-22(2)16(25)13-7-3-4-8-14(13)23(17)18/h3-9H,10-11H2,1-2H3. The van der Waals surface area contributed by atoms with E-state index in [0.29, 0.717) is 22.9 Å². The monoisotopic (exact) mass is 399 g/mol. The van der Waals surface area contributed by atoms with E-state index in [1.807, 2.05) is 40.1 Å². The highest BCUT2D eigenvalue weighted by Crippen LogP contribution is 2.21. The third kappa shape index (κ3) is 3.24. The van der Waals surface area contributed by atoms with Crippen molar-refractivity contribution in [3.8, 4) is 0 Å². The Morgan fingerprint density at radius 2 is 2.04 bits per heavy atom. The molecule has 0 aliphatic carbocycles. The van der Waals surface area contributed by atoms with Crippen molar-refractivity contribution in [2.75, 3.05) is 12.8 Å². The van der Waals surface area contributed by atoms with Crippen LogP contribution in [0.1, 0.15) is 4.88 Å². The molecule has 0 fully saturated rings. The van der Waals surface area contributed by atoms with Crippen LogP contribution in [0.2, 0.25) is 0 Å². The topological polar surface area (TPSA) is 72.5 Å². The Morgan fingerprint density at radius 3 is 2.81 bits per heavy atom. The molecule has 0 aliphatic rings. The number of aromatic nitrogens is 4. The lowest BCUT2D eigenvalue weighted by molar-refractivity contribution is -0.127. The molecule has 4 rings (SSSR count). The maximum atomic E-state index is 12.5. The first-order valence-corrected chi connectivity index (χ1v) is 10.1. The second-order valence-electron chi connectivity index (χ2n) is 6.12. The minimum Gasteiger partial charge on any atom is -0.340 e. The molecule has 3 heterocycles. The molecule has 1 amide bonds. The predicted molar refractivity (Wildman–Crippen MR) is 107 cm³/mol. The molecule has 1 aromatic carbocycles. The minimum absolute atomic E-state index is 0.0132. The van der Waals surface area contributed by atoms with Gasteiger partial charge in [0, 0.05) is 19.0 Å². The maximum absolute atomic E-state index is 12.5. The van der Waals surface area contributed by atoms with Crippen molar-refractivity contribution in [3.63, 3.8) is 0 Å². The van der Waals surface area contributed by atoms with Crippen molar-refractivity contribution in [1.82, 2.24) is 24.1 Å². The van der Waals surface area contributed by atoms with Gasteiger partial charge in [0.15, 0.2) is 5.16 Å². The first-order valence-electron chi connectivity index (χ1n) is 8.28. The fourth-order valence-corrected chi connectivity index (χ4v) is 4.50. The van der Waals surface area contributed by atoms with Gasteiger partial charge in [0.05, 0.1) is 23.2 Å². The number of rotatable bonds is 5. The zero-order chi connectivity index (χ0) is 19.0. The number of nitrogens with zero attached hydrogens (tertiary/aromatic N) is 5. The highest BCUT2D eigenvalue weighted by atomic mass is 32.2. The van der Waals surface area contributed by atoms with Gasteiger partial charge in [-0.05, 0) is 23.6 Å². The van der Waals surface area contributed by atoms with E-state index in [1.165, 1.54) is 16.3 Å². The van der Waals surface area contributed by atoms with Crippen LogP contribution in [0.4, 0.5) is 0 Å². The lowest BCUT2D eigenvalue weighted by Crippen LogP contribution is -2.27. The van der Waals surface area contributed by atoms with E-state index >= 15 is 0 Å². The highest BCUT2D eigenvalue weighted by molar-refractivity contribution is 7.99. The van der Waals surface area contributed by atoms with E-state index < -0.39 is 0 Å². The summed E-state index contributed by atoms with van der Waals surface area (Å²) < 4.78 is 3.30. The minimum atomic E-state index is -0.117. The molecule has 0 saturated carbocycles. The molecule has 0 N–H and O–H groups in total. The number of thioether (sulfide) groups is 1. The highest BCUT2D eigenvalue weighted by Gasteiger charge is 2.17. The number of benzene rings is 1. The number of hydrogen-bond donors (Lipinski definition) is 0. The number of carbonyl (C=O) groups is 1. The molecule has 138 valence electrons. The number of hydrogen-bond acceptors (Lipinski definition) is 6. The summed E-state index contributed by atoms with van der Waals surface area (Å²) >= 11 is 2.95. The molecule has 9 heteroatoms. The summed E-state index contributed by atoms with van der Waals surface area (Å²) in [5, 5.41) is 11.5. The molecule has 0 spiro atoms. The predicted octanol–water partition coefficient (Wildman–Crippen LogP) is 2.39. The SMILES string of the molecule is CN(Cc1cccs1)C(=O)CSc1nnc2n(C)c(=O)c3ccccc3n12. The third-order valence-electron chi connectivity index (χ3n) is 4.32. The van der Waals surface area contributed by atoms with Gasteiger partial charge in [-0.1, -0.05) is 30.0 Å². The number of thiophene rings is 1. The van der Waals surface area contributed by atoms with E-state index in [4.69, 9.17) is 0 Å². The molecule has 0 radical (unpaired) electrons. The van der Waals surface area contributed by atoms with E-state index in [0.717, 1.165) is 10.4 Å². The summed E-state index contributed by atoms with van der Waals surface area (Å²) in [5.41, 5.74) is 0.622. The van der Waals surface area contributed by atoms with Crippen LogP contribution < -0.4 is 5.56 Å². The number of amides is 1. The maximum Gasteiger partial charge on any atom is 0.262 e. The van der Waals surface area contributed by atoms with Crippen LogP contribution in [0, 0.1) is 0 Å². The van der Waals surface area contributed by atoms with Gasteiger partial charge in [-0.15, -0.1) is 21.5 Å². The summed E-state index contributed by atoms with van der Waals surface area (Å²) in [7, 11) is 3.47. The lowest BCUT2D eigenvalue weighted by atomic mass is 10.2. The molecular formula is C18H17N5O2S2. The van der Waals surface area contributed by atoms with E-state index in [-0.39, 0.29) is 17.2 Å². The van der Waals surface area contributed by atoms with Crippen molar-refractivity contribution >= 4 is 45.7 Å². The normalized spacial score (nSPS) is 11.3. The van der Waals surface area contributed by atoms with Gasteiger partial charge in [-0.3, -0.25) is 18.6 Å². The van der Waals surface area contributed by atoms with Gasteiger partial charge in [0.1, 0.15) is 0 Å². The first kappa shape index (κ1) is 17.7. The van der Waals surface area contributed by atoms with Crippen LogP contribution in [-0.4, -0.2) is 42.8 Å². The molecule has 0 unspecified atom stereocenters. The van der Waals surface area contributed by atoms with E-state index in [2.05, 4.69) is 10.2 Å². The molecule has 0 atom stereocenters. The Labute approximate surface area is 163 Å². The fourth-order valence-electron chi connectivity index (χ4n) is 2.87. The van der Waals surface area contributed by atoms with Crippen LogP contribution in [-0.2, 0) is 18.4 Å². The fraction of sp³-hybridized carbons (Fsp3) is 0.222.